The van der Waals surface area contributed by atoms with Gasteiger partial charge in [0.25, 0.3) is 0 Å². The highest BCUT2D eigenvalue weighted by Gasteiger charge is 2.71. The molecule has 35 heavy (non-hydrogen) atoms. The van der Waals surface area contributed by atoms with Crippen molar-refractivity contribution in [3.63, 3.8) is 0 Å². The van der Waals surface area contributed by atoms with Gasteiger partial charge in [-0.05, 0) is 18.1 Å². The summed E-state index contributed by atoms with van der Waals surface area (Å²) in [7, 11) is -1.98. The molecule has 3 atom stereocenters. The smallest absolute Gasteiger partial charge is 0.331 e. The third kappa shape index (κ3) is 3.65. The van der Waals surface area contributed by atoms with Gasteiger partial charge in [-0.3, -0.25) is 4.79 Å². The molecule has 2 fully saturated rings. The molecule has 8 nitrogen and oxygen atoms in total. The molecule has 0 bridgehead atoms. The van der Waals surface area contributed by atoms with E-state index in [1.165, 1.54) is 4.90 Å². The summed E-state index contributed by atoms with van der Waals surface area (Å²) in [4.78, 5) is 27.6. The molecule has 3 heterocycles. The fourth-order valence-electron chi connectivity index (χ4n) is 5.16. The summed E-state index contributed by atoms with van der Waals surface area (Å²) in [6.07, 6.45) is 2.77. The number of benzene rings is 2. The van der Waals surface area contributed by atoms with Gasteiger partial charge < -0.3 is 9.64 Å². The zero-order valence-electron chi connectivity index (χ0n) is 19.9. The van der Waals surface area contributed by atoms with Crippen molar-refractivity contribution in [2.24, 2.45) is 7.05 Å². The molecule has 1 aromatic heterocycles. The molecule has 0 radical (unpaired) electrons. The summed E-state index contributed by atoms with van der Waals surface area (Å²) in [5, 5.41) is -1.00. The molecule has 0 aliphatic carbocycles. The van der Waals surface area contributed by atoms with Crippen LogP contribution in [0.1, 0.15) is 36.3 Å². The number of rotatable bonds is 6. The van der Waals surface area contributed by atoms with E-state index >= 15 is 0 Å². The average Bonchev–Trinajstić information content (AvgIpc) is 3.21. The highest BCUT2D eigenvalue weighted by atomic mass is 32.2. The Kier molecular flexibility index (Phi) is 5.55. The van der Waals surface area contributed by atoms with Crippen molar-refractivity contribution in [1.82, 2.24) is 9.47 Å². The molecule has 2 saturated heterocycles. The van der Waals surface area contributed by atoms with Gasteiger partial charge in [0.1, 0.15) is 28.6 Å². The van der Waals surface area contributed by atoms with E-state index in [0.717, 1.165) is 16.8 Å². The van der Waals surface area contributed by atoms with Crippen LogP contribution < -0.4 is 4.57 Å². The molecule has 2 aliphatic rings. The SMILES string of the molecule is Cc1cn(CC2(C)C(C(=O)OC(c3ccccc3)c3ccccc3)N3C(=O)C[C@H]3S2(=O)=O)c[n+]1C. The second kappa shape index (κ2) is 8.34. The van der Waals surface area contributed by atoms with Gasteiger partial charge in [0, 0.05) is 6.92 Å². The number of imidazole rings is 1. The number of amides is 1. The Bertz CT molecular complexity index is 1330. The summed E-state index contributed by atoms with van der Waals surface area (Å²) in [6, 6.07) is 17.3. The molecule has 9 heteroatoms. The van der Waals surface area contributed by atoms with Gasteiger partial charge in [0.05, 0.1) is 13.5 Å². The Hall–Kier alpha value is -3.46. The number of aromatic nitrogens is 2. The number of esters is 1. The first-order chi connectivity index (χ1) is 16.6. The lowest BCUT2D eigenvalue weighted by atomic mass is 9.95. The van der Waals surface area contributed by atoms with Crippen molar-refractivity contribution >= 4 is 21.7 Å². The lowest BCUT2D eigenvalue weighted by Gasteiger charge is -2.37. The minimum atomic E-state index is -3.85. The van der Waals surface area contributed by atoms with E-state index < -0.39 is 38.1 Å². The maximum atomic E-state index is 13.8. The zero-order valence-corrected chi connectivity index (χ0v) is 20.7. The van der Waals surface area contributed by atoms with Crippen molar-refractivity contribution < 1.29 is 27.3 Å². The number of hydrogen-bond acceptors (Lipinski definition) is 5. The first-order valence-corrected chi connectivity index (χ1v) is 13.0. The van der Waals surface area contributed by atoms with Gasteiger partial charge in [-0.1, -0.05) is 60.7 Å². The molecule has 2 unspecified atom stereocenters. The normalized spacial score (nSPS) is 24.8. The minimum absolute atomic E-state index is 0.0262. The van der Waals surface area contributed by atoms with Crippen LogP contribution in [0.15, 0.2) is 73.2 Å². The van der Waals surface area contributed by atoms with Crippen molar-refractivity contribution in [1.29, 1.82) is 0 Å². The number of aryl methyl sites for hydroxylation is 2. The van der Waals surface area contributed by atoms with Crippen LogP contribution in [0.4, 0.5) is 0 Å². The molecule has 0 N–H and O–H groups in total. The average molecular weight is 495 g/mol. The highest BCUT2D eigenvalue weighted by Crippen LogP contribution is 2.47. The van der Waals surface area contributed by atoms with Gasteiger partial charge in [0.2, 0.25) is 12.2 Å². The van der Waals surface area contributed by atoms with Crippen molar-refractivity contribution in [3.05, 3.63) is 90.0 Å². The third-order valence-corrected chi connectivity index (χ3v) is 9.96. The number of carbonyl (C=O) groups is 2. The quantitative estimate of drug-likeness (QED) is 0.297. The predicted octanol–water partition coefficient (Wildman–Crippen LogP) is 2.07. The van der Waals surface area contributed by atoms with E-state index in [1.54, 1.807) is 17.8 Å². The number of ether oxygens (including phenoxy) is 1. The molecule has 2 aromatic carbocycles. The summed E-state index contributed by atoms with van der Waals surface area (Å²) in [6.45, 7) is 3.49. The van der Waals surface area contributed by atoms with Crippen LogP contribution in [0.2, 0.25) is 0 Å². The van der Waals surface area contributed by atoms with Gasteiger partial charge in [0.15, 0.2) is 22.0 Å². The first kappa shape index (κ1) is 23.3. The lowest BCUT2D eigenvalue weighted by molar-refractivity contribution is -0.677. The summed E-state index contributed by atoms with van der Waals surface area (Å²) in [5.74, 6) is -1.08. The van der Waals surface area contributed by atoms with Gasteiger partial charge in [-0.2, -0.15) is 0 Å². The van der Waals surface area contributed by atoms with Gasteiger partial charge >= 0.3 is 5.97 Å². The van der Waals surface area contributed by atoms with Crippen LogP contribution in [-0.4, -0.2) is 45.9 Å². The summed E-state index contributed by atoms with van der Waals surface area (Å²) < 4.78 is 35.4. The largest absolute Gasteiger partial charge is 0.451 e. The van der Waals surface area contributed by atoms with Gasteiger partial charge in [-0.25, -0.2) is 22.3 Å². The molecule has 5 rings (SSSR count). The molecule has 0 spiro atoms. The number of β-lactam (4-membered cyclic amide) rings is 1. The third-order valence-electron chi connectivity index (χ3n) is 7.20. The van der Waals surface area contributed by atoms with Crippen molar-refractivity contribution in [2.75, 3.05) is 0 Å². The van der Waals surface area contributed by atoms with Crippen LogP contribution in [0.3, 0.4) is 0 Å². The monoisotopic (exact) mass is 494 g/mol. The van der Waals surface area contributed by atoms with Gasteiger partial charge in [-0.15, -0.1) is 0 Å². The Morgan fingerprint density at radius 2 is 1.69 bits per heavy atom. The van der Waals surface area contributed by atoms with E-state index in [4.69, 9.17) is 4.74 Å². The summed E-state index contributed by atoms with van der Waals surface area (Å²) >= 11 is 0. The Balaban J connectivity index is 1.54. The minimum Gasteiger partial charge on any atom is -0.451 e. The van der Waals surface area contributed by atoms with Crippen molar-refractivity contribution in [3.8, 4) is 0 Å². The van der Waals surface area contributed by atoms with E-state index in [-0.39, 0.29) is 18.9 Å². The fraction of sp³-hybridized carbons (Fsp3) is 0.346. The number of hydrogen-bond donors (Lipinski definition) is 0. The van der Waals surface area contributed by atoms with E-state index in [9.17, 15) is 18.0 Å². The maximum absolute atomic E-state index is 13.8. The molecular weight excluding hydrogens is 466 g/mol. The van der Waals surface area contributed by atoms with E-state index in [1.807, 2.05) is 85.4 Å². The number of fused-ring (bicyclic) bond motifs is 1. The molecule has 2 aliphatic heterocycles. The number of sulfone groups is 1. The molecule has 182 valence electrons. The van der Waals surface area contributed by atoms with Crippen LogP contribution >= 0.6 is 0 Å². The van der Waals surface area contributed by atoms with E-state index in [0.29, 0.717) is 0 Å². The first-order valence-electron chi connectivity index (χ1n) is 11.5. The zero-order chi connectivity index (χ0) is 25.0. The molecule has 0 saturated carbocycles. The fourth-order valence-corrected chi connectivity index (χ4v) is 7.53. The van der Waals surface area contributed by atoms with Crippen molar-refractivity contribution in [2.45, 2.75) is 49.1 Å². The molecular formula is C26H28N3O5S+. The second-order valence-electron chi connectivity index (χ2n) is 9.53. The van der Waals surface area contributed by atoms with E-state index in [2.05, 4.69) is 0 Å². The lowest BCUT2D eigenvalue weighted by Crippen LogP contribution is -2.58. The molecule has 1 amide bonds. The summed E-state index contributed by atoms with van der Waals surface area (Å²) in [5.41, 5.74) is 2.46. The topological polar surface area (TPSA) is 89.6 Å². The van der Waals surface area contributed by atoms with Crippen LogP contribution in [0.5, 0.6) is 0 Å². The number of nitrogens with zero attached hydrogens (tertiary/aromatic N) is 3. The standard InChI is InChI=1S/C26H28N3O5S/c1-18-15-28(17-27(18)3)16-26(2)24(29-21(30)14-22(29)35(26,32)33)25(31)34-23(19-10-6-4-7-11-19)20-12-8-5-9-13-20/h4-13,15,17,22-24H,14,16H2,1-3H3/q+1/t22-,24?,26?/m1/s1. The molecule has 3 aromatic rings. The Morgan fingerprint density at radius 1 is 1.11 bits per heavy atom. The highest BCUT2D eigenvalue weighted by molar-refractivity contribution is 7.93. The predicted molar refractivity (Wildman–Crippen MR) is 128 cm³/mol. The Labute approximate surface area is 204 Å². The van der Waals surface area contributed by atoms with Crippen LogP contribution in [0, 0.1) is 6.92 Å². The second-order valence-corrected chi connectivity index (χ2v) is 12.1. The van der Waals surface area contributed by atoms with Crippen LogP contribution in [0.25, 0.3) is 0 Å². The Morgan fingerprint density at radius 3 is 2.17 bits per heavy atom. The maximum Gasteiger partial charge on any atom is 0.331 e. The number of carbonyl (C=O) groups excluding carboxylic acids is 2. The van der Waals surface area contributed by atoms with Crippen LogP contribution in [-0.2, 0) is 37.8 Å².